The Kier molecular flexibility index (Phi) is 6.26. The predicted octanol–water partition coefficient (Wildman–Crippen LogP) is 2.76. The van der Waals surface area contributed by atoms with Crippen molar-refractivity contribution in [1.29, 1.82) is 0 Å². The SMILES string of the molecule is CN(Cc1ccn[nH]1)C(=O)c1ccccc1OC1CCN(C(=O)c2cccnc2)CC1. The molecule has 2 aromatic heterocycles. The first-order valence-electron chi connectivity index (χ1n) is 10.3. The van der Waals surface area contributed by atoms with Crippen LogP contribution in [0.3, 0.4) is 0 Å². The molecule has 31 heavy (non-hydrogen) atoms. The van der Waals surface area contributed by atoms with Gasteiger partial charge in [-0.05, 0) is 30.3 Å². The van der Waals surface area contributed by atoms with E-state index in [1.165, 1.54) is 0 Å². The monoisotopic (exact) mass is 419 g/mol. The van der Waals surface area contributed by atoms with Crippen molar-refractivity contribution in [3.63, 3.8) is 0 Å². The molecule has 3 heterocycles. The van der Waals surface area contributed by atoms with Crippen LogP contribution in [-0.4, -0.2) is 63.0 Å². The Morgan fingerprint density at radius 3 is 2.65 bits per heavy atom. The smallest absolute Gasteiger partial charge is 0.257 e. The van der Waals surface area contributed by atoms with Crippen molar-refractivity contribution in [3.05, 3.63) is 77.9 Å². The average Bonchev–Trinajstić information content (AvgIpc) is 3.32. The van der Waals surface area contributed by atoms with Crippen LogP contribution in [0.15, 0.2) is 61.1 Å². The molecule has 0 radical (unpaired) electrons. The van der Waals surface area contributed by atoms with E-state index in [1.54, 1.807) is 48.7 Å². The van der Waals surface area contributed by atoms with Crippen molar-refractivity contribution in [2.45, 2.75) is 25.5 Å². The third-order valence-electron chi connectivity index (χ3n) is 5.36. The van der Waals surface area contributed by atoms with Gasteiger partial charge in [0.2, 0.25) is 0 Å². The Hall–Kier alpha value is -3.68. The number of hydrogen-bond donors (Lipinski definition) is 1. The van der Waals surface area contributed by atoms with Crippen LogP contribution < -0.4 is 4.74 Å². The number of likely N-dealkylation sites (tertiary alicyclic amines) is 1. The van der Waals surface area contributed by atoms with Crippen molar-refractivity contribution in [1.82, 2.24) is 25.0 Å². The lowest BCUT2D eigenvalue weighted by Gasteiger charge is -2.32. The Balaban J connectivity index is 1.37. The zero-order valence-electron chi connectivity index (χ0n) is 17.4. The molecule has 4 rings (SSSR count). The summed E-state index contributed by atoms with van der Waals surface area (Å²) in [5, 5.41) is 6.79. The van der Waals surface area contributed by atoms with Crippen LogP contribution in [0.5, 0.6) is 5.75 Å². The maximum atomic E-state index is 13.0. The number of carbonyl (C=O) groups is 2. The average molecular weight is 419 g/mol. The number of pyridine rings is 1. The number of hydrogen-bond acceptors (Lipinski definition) is 5. The molecule has 3 aromatic rings. The molecular formula is C23H25N5O3. The van der Waals surface area contributed by atoms with Crippen LogP contribution in [0.4, 0.5) is 0 Å². The molecule has 0 aliphatic carbocycles. The van der Waals surface area contributed by atoms with Gasteiger partial charge < -0.3 is 14.5 Å². The third-order valence-corrected chi connectivity index (χ3v) is 5.36. The maximum Gasteiger partial charge on any atom is 0.257 e. The molecule has 0 atom stereocenters. The fourth-order valence-corrected chi connectivity index (χ4v) is 3.68. The highest BCUT2D eigenvalue weighted by atomic mass is 16.5. The van der Waals surface area contributed by atoms with Crippen molar-refractivity contribution < 1.29 is 14.3 Å². The number of aromatic nitrogens is 3. The van der Waals surface area contributed by atoms with E-state index in [2.05, 4.69) is 15.2 Å². The second kappa shape index (κ2) is 9.42. The quantitative estimate of drug-likeness (QED) is 0.663. The predicted molar refractivity (Wildman–Crippen MR) is 115 cm³/mol. The Morgan fingerprint density at radius 2 is 1.94 bits per heavy atom. The van der Waals surface area contributed by atoms with Gasteiger partial charge in [0.1, 0.15) is 11.9 Å². The lowest BCUT2D eigenvalue weighted by atomic mass is 10.1. The molecule has 2 amide bonds. The van der Waals surface area contributed by atoms with Crippen LogP contribution in [0.1, 0.15) is 39.3 Å². The minimum absolute atomic E-state index is 0.0115. The molecule has 1 saturated heterocycles. The van der Waals surface area contributed by atoms with Gasteiger partial charge in [-0.3, -0.25) is 19.7 Å². The van der Waals surface area contributed by atoms with Crippen LogP contribution >= 0.6 is 0 Å². The molecule has 8 nitrogen and oxygen atoms in total. The van der Waals surface area contributed by atoms with Gasteiger partial charge in [0.05, 0.1) is 23.4 Å². The van der Waals surface area contributed by atoms with E-state index in [0.717, 1.165) is 5.69 Å². The molecule has 1 fully saturated rings. The zero-order valence-corrected chi connectivity index (χ0v) is 17.4. The zero-order chi connectivity index (χ0) is 21.6. The molecular weight excluding hydrogens is 394 g/mol. The molecule has 0 spiro atoms. The van der Waals surface area contributed by atoms with E-state index in [9.17, 15) is 9.59 Å². The molecule has 0 saturated carbocycles. The highest BCUT2D eigenvalue weighted by Gasteiger charge is 2.26. The number of H-pyrrole nitrogens is 1. The Bertz CT molecular complexity index is 1010. The lowest BCUT2D eigenvalue weighted by Crippen LogP contribution is -2.42. The first-order valence-corrected chi connectivity index (χ1v) is 10.3. The number of para-hydroxylation sites is 1. The highest BCUT2D eigenvalue weighted by Crippen LogP contribution is 2.25. The first kappa shape index (κ1) is 20.6. The van der Waals surface area contributed by atoms with Crippen molar-refractivity contribution in [2.75, 3.05) is 20.1 Å². The summed E-state index contributed by atoms with van der Waals surface area (Å²) < 4.78 is 6.21. The molecule has 160 valence electrons. The number of rotatable bonds is 6. The largest absolute Gasteiger partial charge is 0.489 e. The number of amides is 2. The topological polar surface area (TPSA) is 91.4 Å². The van der Waals surface area contributed by atoms with Crippen molar-refractivity contribution in [3.8, 4) is 5.75 Å². The van der Waals surface area contributed by atoms with Gasteiger partial charge in [0, 0.05) is 51.6 Å². The number of aromatic amines is 1. The molecule has 8 heteroatoms. The van der Waals surface area contributed by atoms with E-state index < -0.39 is 0 Å². The molecule has 0 unspecified atom stereocenters. The van der Waals surface area contributed by atoms with E-state index in [1.807, 2.05) is 29.2 Å². The van der Waals surface area contributed by atoms with Gasteiger partial charge in [-0.15, -0.1) is 0 Å². The summed E-state index contributed by atoms with van der Waals surface area (Å²) in [4.78, 5) is 33.1. The van der Waals surface area contributed by atoms with Gasteiger partial charge in [0.25, 0.3) is 11.8 Å². The standard InChI is InChI=1S/C23H25N5O3/c1-27(16-18-8-12-25-26-18)23(30)20-6-2-3-7-21(20)31-19-9-13-28(14-10-19)22(29)17-5-4-11-24-15-17/h2-8,11-12,15,19H,9-10,13-14,16H2,1H3,(H,25,26). The maximum absolute atomic E-state index is 13.0. The summed E-state index contributed by atoms with van der Waals surface area (Å²) in [5.74, 6) is 0.443. The second-order valence-corrected chi connectivity index (χ2v) is 7.59. The number of benzene rings is 1. The molecule has 1 aliphatic rings. The van der Waals surface area contributed by atoms with Crippen LogP contribution in [0, 0.1) is 0 Å². The summed E-state index contributed by atoms with van der Waals surface area (Å²) >= 11 is 0. The normalized spacial score (nSPS) is 14.3. The Labute approximate surface area is 180 Å². The van der Waals surface area contributed by atoms with Gasteiger partial charge in [-0.25, -0.2) is 0 Å². The Morgan fingerprint density at radius 1 is 1.13 bits per heavy atom. The van der Waals surface area contributed by atoms with Gasteiger partial charge in [0.15, 0.2) is 0 Å². The highest BCUT2D eigenvalue weighted by molar-refractivity contribution is 5.96. The lowest BCUT2D eigenvalue weighted by molar-refractivity contribution is 0.0590. The van der Waals surface area contributed by atoms with Crippen molar-refractivity contribution in [2.24, 2.45) is 0 Å². The third kappa shape index (κ3) is 4.91. The summed E-state index contributed by atoms with van der Waals surface area (Å²) in [6.45, 7) is 1.64. The molecule has 1 aliphatic heterocycles. The summed E-state index contributed by atoms with van der Waals surface area (Å²) in [6.07, 6.45) is 6.27. The first-order chi connectivity index (χ1) is 15.1. The van der Waals surface area contributed by atoms with Gasteiger partial charge >= 0.3 is 0 Å². The number of piperidine rings is 1. The summed E-state index contributed by atoms with van der Waals surface area (Å²) in [6, 6.07) is 12.7. The van der Waals surface area contributed by atoms with Gasteiger partial charge in [-0.2, -0.15) is 5.10 Å². The van der Waals surface area contributed by atoms with E-state index in [4.69, 9.17) is 4.74 Å². The molecule has 1 aromatic carbocycles. The van der Waals surface area contributed by atoms with Crippen LogP contribution in [0.25, 0.3) is 0 Å². The number of carbonyl (C=O) groups excluding carboxylic acids is 2. The second-order valence-electron chi connectivity index (χ2n) is 7.59. The molecule has 1 N–H and O–H groups in total. The van der Waals surface area contributed by atoms with Gasteiger partial charge in [-0.1, -0.05) is 12.1 Å². The van der Waals surface area contributed by atoms with E-state index in [0.29, 0.717) is 49.4 Å². The molecule has 0 bridgehead atoms. The van der Waals surface area contributed by atoms with Crippen LogP contribution in [0.2, 0.25) is 0 Å². The summed E-state index contributed by atoms with van der Waals surface area (Å²) in [5.41, 5.74) is 1.98. The minimum Gasteiger partial charge on any atom is -0.489 e. The minimum atomic E-state index is -0.116. The van der Waals surface area contributed by atoms with Crippen LogP contribution in [-0.2, 0) is 6.54 Å². The number of nitrogens with zero attached hydrogens (tertiary/aromatic N) is 4. The number of nitrogens with one attached hydrogen (secondary N) is 1. The fourth-order valence-electron chi connectivity index (χ4n) is 3.68. The van der Waals surface area contributed by atoms with Crippen molar-refractivity contribution >= 4 is 11.8 Å². The van der Waals surface area contributed by atoms with E-state index >= 15 is 0 Å². The fraction of sp³-hybridized carbons (Fsp3) is 0.304. The van der Waals surface area contributed by atoms with E-state index in [-0.39, 0.29) is 17.9 Å². The number of ether oxygens (including phenoxy) is 1. The summed E-state index contributed by atoms with van der Waals surface area (Å²) in [7, 11) is 1.75.